The van der Waals surface area contributed by atoms with Crippen LogP contribution in [0.5, 0.6) is 0 Å². The van der Waals surface area contributed by atoms with Crippen LogP contribution >= 0.6 is 0 Å². The highest BCUT2D eigenvalue weighted by Gasteiger charge is 1.94. The summed E-state index contributed by atoms with van der Waals surface area (Å²) in [5, 5.41) is 0. The molecule has 0 amide bonds. The Bertz CT molecular complexity index is 429. The fourth-order valence-corrected chi connectivity index (χ4v) is 2.33. The average molecular weight is 318 g/mol. The van der Waals surface area contributed by atoms with E-state index in [2.05, 4.69) is 77.9 Å². The van der Waals surface area contributed by atoms with Gasteiger partial charge in [-0.25, -0.2) is 0 Å². The van der Waals surface area contributed by atoms with E-state index in [4.69, 9.17) is 0 Å². The largest absolute Gasteiger partial charge is 0.306 e. The normalized spacial score (nSPS) is 13.7. The molecule has 0 heterocycles. The molecule has 0 aliphatic rings. The Kier molecular flexibility index (Phi) is 12.7. The second kappa shape index (κ2) is 13.4. The van der Waals surface area contributed by atoms with E-state index in [1.807, 2.05) is 0 Å². The van der Waals surface area contributed by atoms with Crippen molar-refractivity contribution in [1.29, 1.82) is 0 Å². The molecule has 132 valence electrons. The van der Waals surface area contributed by atoms with Gasteiger partial charge in [0.1, 0.15) is 0 Å². The fourth-order valence-electron chi connectivity index (χ4n) is 2.33. The minimum atomic E-state index is 1.05. The molecular weight excluding hydrogens is 278 g/mol. The number of hydrogen-bond acceptors (Lipinski definition) is 1. The topological polar surface area (TPSA) is 3.24 Å². The molecule has 0 rings (SSSR count). The van der Waals surface area contributed by atoms with Gasteiger partial charge < -0.3 is 4.90 Å². The molecule has 1 nitrogen and oxygen atoms in total. The third-order valence-corrected chi connectivity index (χ3v) is 3.96. The lowest BCUT2D eigenvalue weighted by molar-refractivity contribution is 0.455. The Hall–Kier alpha value is -1.08. The molecule has 0 N–H and O–H groups in total. The first-order valence-corrected chi connectivity index (χ1v) is 9.06. The lowest BCUT2D eigenvalue weighted by Gasteiger charge is -2.06. The van der Waals surface area contributed by atoms with Crippen molar-refractivity contribution >= 4 is 0 Å². The van der Waals surface area contributed by atoms with Gasteiger partial charge in [0.05, 0.1) is 0 Å². The summed E-state index contributed by atoms with van der Waals surface area (Å²) in [6.07, 6.45) is 16.6. The van der Waals surface area contributed by atoms with E-state index in [-0.39, 0.29) is 0 Å². The number of allylic oxidation sites excluding steroid dienone is 7. The minimum Gasteiger partial charge on any atom is -0.306 e. The van der Waals surface area contributed by atoms with E-state index in [9.17, 15) is 0 Å². The maximum Gasteiger partial charge on any atom is 0.0159 e. The van der Waals surface area contributed by atoms with Crippen LogP contribution < -0.4 is 0 Å². The van der Waals surface area contributed by atoms with Crippen LogP contribution in [0.15, 0.2) is 46.6 Å². The van der Waals surface area contributed by atoms with Gasteiger partial charge in [0.2, 0.25) is 0 Å². The third-order valence-electron chi connectivity index (χ3n) is 3.96. The lowest BCUT2D eigenvalue weighted by Crippen LogP contribution is -2.10. The number of rotatable bonds is 11. The van der Waals surface area contributed by atoms with Crippen molar-refractivity contribution in [2.75, 3.05) is 20.6 Å². The Balaban J connectivity index is 3.98. The summed E-state index contributed by atoms with van der Waals surface area (Å²) in [5.41, 5.74) is 5.97. The summed E-state index contributed by atoms with van der Waals surface area (Å²) in [6.45, 7) is 12.2. The van der Waals surface area contributed by atoms with Crippen molar-refractivity contribution in [2.24, 2.45) is 0 Å². The van der Waals surface area contributed by atoms with Crippen molar-refractivity contribution in [1.82, 2.24) is 4.90 Å². The Labute approximate surface area is 145 Å². The predicted octanol–water partition coefficient (Wildman–Crippen LogP) is 6.69. The SMILES string of the molecule is CC(C)=CCC/C(C)=C/CC/C(C)=C/CC/C(C)=C/CN(C)C. The molecule has 0 unspecified atom stereocenters. The Morgan fingerprint density at radius 2 is 1.00 bits per heavy atom. The van der Waals surface area contributed by atoms with Gasteiger partial charge >= 0.3 is 0 Å². The zero-order chi connectivity index (χ0) is 17.7. The molecule has 0 fully saturated rings. The first kappa shape index (κ1) is 21.9. The van der Waals surface area contributed by atoms with E-state index in [0.29, 0.717) is 0 Å². The predicted molar refractivity (Wildman–Crippen MR) is 107 cm³/mol. The highest BCUT2D eigenvalue weighted by atomic mass is 15.0. The highest BCUT2D eigenvalue weighted by Crippen LogP contribution is 2.13. The third kappa shape index (κ3) is 15.6. The van der Waals surface area contributed by atoms with Crippen LogP contribution in [-0.2, 0) is 0 Å². The summed E-state index contributed by atoms with van der Waals surface area (Å²) in [6, 6.07) is 0. The Morgan fingerprint density at radius 1 is 0.609 bits per heavy atom. The van der Waals surface area contributed by atoms with E-state index >= 15 is 0 Å². The van der Waals surface area contributed by atoms with Crippen molar-refractivity contribution in [3.63, 3.8) is 0 Å². The van der Waals surface area contributed by atoms with Crippen molar-refractivity contribution in [3.05, 3.63) is 46.6 Å². The molecule has 0 radical (unpaired) electrons. The molecule has 0 saturated heterocycles. The average Bonchev–Trinajstić information content (AvgIpc) is 2.44. The van der Waals surface area contributed by atoms with Crippen LogP contribution in [-0.4, -0.2) is 25.5 Å². The molecule has 0 aromatic rings. The van der Waals surface area contributed by atoms with E-state index in [1.54, 1.807) is 0 Å². The van der Waals surface area contributed by atoms with E-state index in [1.165, 1.54) is 60.8 Å². The molecule has 1 heteroatoms. The first-order chi connectivity index (χ1) is 10.8. The fraction of sp³-hybridized carbons (Fsp3) is 0.636. The summed E-state index contributed by atoms with van der Waals surface area (Å²) in [7, 11) is 4.23. The van der Waals surface area contributed by atoms with Crippen LogP contribution in [0.2, 0.25) is 0 Å². The van der Waals surface area contributed by atoms with Crippen LogP contribution in [0.3, 0.4) is 0 Å². The zero-order valence-corrected chi connectivity index (χ0v) is 16.7. The Morgan fingerprint density at radius 3 is 1.39 bits per heavy atom. The van der Waals surface area contributed by atoms with Crippen molar-refractivity contribution in [3.8, 4) is 0 Å². The quantitative estimate of drug-likeness (QED) is 0.383. The van der Waals surface area contributed by atoms with Crippen LogP contribution in [0.25, 0.3) is 0 Å². The minimum absolute atomic E-state index is 1.05. The standard InChI is InChI=1S/C22H39N/c1-19(2)11-8-12-20(3)13-9-14-21(4)15-10-16-22(5)17-18-23(6)7/h11,13,15,17H,8-10,12,14,16,18H2,1-7H3/b20-13+,21-15+,22-17+. The molecular formula is C22H39N. The van der Waals surface area contributed by atoms with Crippen LogP contribution in [0, 0.1) is 0 Å². The van der Waals surface area contributed by atoms with Gasteiger partial charge in [-0.3, -0.25) is 0 Å². The van der Waals surface area contributed by atoms with E-state index in [0.717, 1.165) is 6.54 Å². The molecule has 0 saturated carbocycles. The van der Waals surface area contributed by atoms with Gasteiger partial charge in [0.25, 0.3) is 0 Å². The second-order valence-corrected chi connectivity index (χ2v) is 7.31. The van der Waals surface area contributed by atoms with Gasteiger partial charge in [-0.2, -0.15) is 0 Å². The summed E-state index contributed by atoms with van der Waals surface area (Å²) < 4.78 is 0. The van der Waals surface area contributed by atoms with Crippen molar-refractivity contribution in [2.45, 2.75) is 73.1 Å². The van der Waals surface area contributed by atoms with Gasteiger partial charge in [-0.15, -0.1) is 0 Å². The van der Waals surface area contributed by atoms with Gasteiger partial charge in [0, 0.05) is 6.54 Å². The monoisotopic (exact) mass is 317 g/mol. The zero-order valence-electron chi connectivity index (χ0n) is 16.7. The van der Waals surface area contributed by atoms with Gasteiger partial charge in [-0.1, -0.05) is 46.6 Å². The molecule has 0 aliphatic heterocycles. The highest BCUT2D eigenvalue weighted by molar-refractivity contribution is 5.07. The smallest absolute Gasteiger partial charge is 0.0159 e. The number of hydrogen-bond donors (Lipinski definition) is 0. The molecule has 0 atom stereocenters. The summed E-state index contributed by atoms with van der Waals surface area (Å²) in [4.78, 5) is 2.21. The van der Waals surface area contributed by atoms with E-state index < -0.39 is 0 Å². The number of likely N-dealkylation sites (N-methyl/N-ethyl adjacent to an activating group) is 1. The maximum atomic E-state index is 2.42. The molecule has 0 spiro atoms. The molecule has 0 aromatic heterocycles. The molecule has 0 bridgehead atoms. The van der Waals surface area contributed by atoms with Crippen LogP contribution in [0.4, 0.5) is 0 Å². The van der Waals surface area contributed by atoms with Gasteiger partial charge in [0.15, 0.2) is 0 Å². The van der Waals surface area contributed by atoms with Gasteiger partial charge in [-0.05, 0) is 87.2 Å². The summed E-state index contributed by atoms with van der Waals surface area (Å²) >= 11 is 0. The second-order valence-electron chi connectivity index (χ2n) is 7.31. The summed E-state index contributed by atoms with van der Waals surface area (Å²) in [5.74, 6) is 0. The molecule has 0 aliphatic carbocycles. The lowest BCUT2D eigenvalue weighted by atomic mass is 10.0. The maximum absolute atomic E-state index is 2.42. The molecule has 0 aromatic carbocycles. The molecule has 23 heavy (non-hydrogen) atoms. The number of nitrogens with zero attached hydrogens (tertiary/aromatic N) is 1. The first-order valence-electron chi connectivity index (χ1n) is 9.06. The van der Waals surface area contributed by atoms with Crippen molar-refractivity contribution < 1.29 is 0 Å². The van der Waals surface area contributed by atoms with Crippen LogP contribution in [0.1, 0.15) is 73.1 Å².